The molecule has 0 aliphatic carbocycles. The summed E-state index contributed by atoms with van der Waals surface area (Å²) in [6.45, 7) is 6.33. The second-order valence-corrected chi connectivity index (χ2v) is 7.66. The molecule has 0 aliphatic heterocycles. The maximum atomic E-state index is 6.19. The van der Waals surface area contributed by atoms with Crippen molar-refractivity contribution in [1.29, 1.82) is 0 Å². The molecule has 0 N–H and O–H groups in total. The predicted molar refractivity (Wildman–Crippen MR) is 86.8 cm³/mol. The van der Waals surface area contributed by atoms with Gasteiger partial charge in [0.1, 0.15) is 5.15 Å². The highest BCUT2D eigenvalue weighted by Gasteiger charge is 2.23. The summed E-state index contributed by atoms with van der Waals surface area (Å²) in [4.78, 5) is 9.90. The predicted octanol–water partition coefficient (Wildman–Crippen LogP) is 5.41. The van der Waals surface area contributed by atoms with Gasteiger partial charge in [0.05, 0.1) is 19.2 Å². The van der Waals surface area contributed by atoms with E-state index in [1.165, 1.54) is 11.3 Å². The highest BCUT2D eigenvalue weighted by molar-refractivity contribution is 14.1. The van der Waals surface area contributed by atoms with E-state index >= 15 is 0 Å². The zero-order valence-corrected chi connectivity index (χ0v) is 14.6. The van der Waals surface area contributed by atoms with Gasteiger partial charge < -0.3 is 0 Å². The molecule has 0 spiro atoms. The molecule has 0 saturated carbocycles. The molecule has 0 aliphatic rings. The van der Waals surface area contributed by atoms with Gasteiger partial charge in [-0.25, -0.2) is 9.97 Å². The van der Waals surface area contributed by atoms with Crippen molar-refractivity contribution < 1.29 is 0 Å². The van der Waals surface area contributed by atoms with Gasteiger partial charge in [-0.3, -0.25) is 0 Å². The molecule has 96 valence electrons. The second kappa shape index (κ2) is 5.23. The minimum absolute atomic E-state index is 0.0705. The third-order valence-corrected chi connectivity index (χ3v) is 5.20. The Labute approximate surface area is 134 Å². The first-order chi connectivity index (χ1) is 8.29. The number of hydrogen-bond acceptors (Lipinski definition) is 3. The Kier molecular flexibility index (Phi) is 4.21. The fraction of sp³-hybridized carbons (Fsp3) is 0.333. The molecule has 2 nitrogen and oxygen atoms in total. The average Bonchev–Trinajstić information content (AvgIpc) is 2.67. The van der Waals surface area contributed by atoms with Crippen molar-refractivity contribution in [3.05, 3.63) is 30.9 Å². The zero-order chi connectivity index (χ0) is 13.5. The Morgan fingerprint density at radius 2 is 1.89 bits per heavy atom. The molecular weight excluding hydrogens is 402 g/mol. The van der Waals surface area contributed by atoms with E-state index in [4.69, 9.17) is 23.2 Å². The van der Waals surface area contributed by atoms with Crippen molar-refractivity contribution in [1.82, 2.24) is 9.97 Å². The summed E-state index contributed by atoms with van der Waals surface area (Å²) < 4.78 is 0.910. The van der Waals surface area contributed by atoms with Crippen LogP contribution < -0.4 is 0 Å². The number of thiophene rings is 1. The Morgan fingerprint density at radius 1 is 1.22 bits per heavy atom. The van der Waals surface area contributed by atoms with E-state index in [1.54, 1.807) is 0 Å². The summed E-state index contributed by atoms with van der Waals surface area (Å²) in [5.74, 6) is 0.641. The lowest BCUT2D eigenvalue weighted by Gasteiger charge is -2.20. The van der Waals surface area contributed by atoms with Gasteiger partial charge in [0.25, 0.3) is 0 Å². The summed E-state index contributed by atoms with van der Waals surface area (Å²) >= 11 is 15.8. The van der Waals surface area contributed by atoms with Gasteiger partial charge in [-0.15, -0.1) is 11.3 Å². The standard InChI is InChI=1S/C12H11Cl2IN2S/c1-12(2,3)9-8(15)10(14)17-11(16-9)7-4-6(13)5-18-7/h4-5H,1-3H3. The molecule has 0 atom stereocenters. The molecule has 0 saturated heterocycles. The Bertz CT molecular complexity index is 590. The van der Waals surface area contributed by atoms with E-state index in [-0.39, 0.29) is 5.41 Å². The lowest BCUT2D eigenvalue weighted by Crippen LogP contribution is -2.17. The normalized spacial score (nSPS) is 11.9. The molecular formula is C12H11Cl2IN2S. The summed E-state index contributed by atoms with van der Waals surface area (Å²) in [5.41, 5.74) is 0.890. The molecule has 2 heterocycles. The highest BCUT2D eigenvalue weighted by atomic mass is 127. The quantitative estimate of drug-likeness (QED) is 0.462. The Hall–Kier alpha value is 0.0900. The van der Waals surface area contributed by atoms with Crippen LogP contribution in [0.4, 0.5) is 0 Å². The first kappa shape index (κ1) is 14.5. The smallest absolute Gasteiger partial charge is 0.171 e. The molecule has 0 aromatic carbocycles. The number of rotatable bonds is 1. The minimum Gasteiger partial charge on any atom is -0.231 e. The Balaban J connectivity index is 2.61. The van der Waals surface area contributed by atoms with Crippen molar-refractivity contribution in [3.63, 3.8) is 0 Å². The van der Waals surface area contributed by atoms with Gasteiger partial charge in [-0.2, -0.15) is 0 Å². The fourth-order valence-electron chi connectivity index (χ4n) is 1.46. The molecule has 0 bridgehead atoms. The molecule has 2 aromatic rings. The van der Waals surface area contributed by atoms with Crippen LogP contribution in [-0.4, -0.2) is 9.97 Å². The number of hydrogen-bond donors (Lipinski definition) is 0. The SMILES string of the molecule is CC(C)(C)c1nc(-c2cc(Cl)cs2)nc(Cl)c1I. The molecule has 18 heavy (non-hydrogen) atoms. The molecule has 0 unspecified atom stereocenters. The topological polar surface area (TPSA) is 25.8 Å². The van der Waals surface area contributed by atoms with Gasteiger partial charge in [0, 0.05) is 10.8 Å². The maximum absolute atomic E-state index is 6.19. The van der Waals surface area contributed by atoms with E-state index in [0.29, 0.717) is 16.0 Å². The van der Waals surface area contributed by atoms with Crippen LogP contribution in [0.1, 0.15) is 26.5 Å². The van der Waals surface area contributed by atoms with E-state index in [0.717, 1.165) is 14.1 Å². The van der Waals surface area contributed by atoms with E-state index in [2.05, 4.69) is 53.3 Å². The van der Waals surface area contributed by atoms with Crippen LogP contribution in [0, 0.1) is 3.57 Å². The molecule has 2 aromatic heterocycles. The summed E-state index contributed by atoms with van der Waals surface area (Å²) in [5, 5.41) is 3.06. The zero-order valence-electron chi connectivity index (χ0n) is 10.1. The van der Waals surface area contributed by atoms with Crippen LogP contribution in [0.15, 0.2) is 11.4 Å². The molecule has 2 rings (SSSR count). The minimum atomic E-state index is -0.0705. The number of halogens is 3. The van der Waals surface area contributed by atoms with Gasteiger partial charge in [0.2, 0.25) is 0 Å². The summed E-state index contributed by atoms with van der Waals surface area (Å²) in [7, 11) is 0. The van der Waals surface area contributed by atoms with Gasteiger partial charge >= 0.3 is 0 Å². The van der Waals surface area contributed by atoms with E-state index < -0.39 is 0 Å². The van der Waals surface area contributed by atoms with Crippen molar-refractivity contribution >= 4 is 57.1 Å². The van der Waals surface area contributed by atoms with E-state index in [9.17, 15) is 0 Å². The first-order valence-corrected chi connectivity index (χ1v) is 7.98. The van der Waals surface area contributed by atoms with Crippen LogP contribution in [0.5, 0.6) is 0 Å². The van der Waals surface area contributed by atoms with Crippen LogP contribution in [0.25, 0.3) is 10.7 Å². The lowest BCUT2D eigenvalue weighted by atomic mass is 9.92. The molecule has 0 radical (unpaired) electrons. The third kappa shape index (κ3) is 2.98. The van der Waals surface area contributed by atoms with Crippen molar-refractivity contribution in [2.75, 3.05) is 0 Å². The lowest BCUT2D eigenvalue weighted by molar-refractivity contribution is 0.564. The van der Waals surface area contributed by atoms with Gasteiger partial charge in [0.15, 0.2) is 5.82 Å². The Morgan fingerprint density at radius 3 is 2.39 bits per heavy atom. The largest absolute Gasteiger partial charge is 0.231 e. The van der Waals surface area contributed by atoms with Crippen molar-refractivity contribution in [2.45, 2.75) is 26.2 Å². The average molecular weight is 413 g/mol. The first-order valence-electron chi connectivity index (χ1n) is 5.27. The van der Waals surface area contributed by atoms with E-state index in [1.807, 2.05) is 11.4 Å². The molecule has 0 fully saturated rings. The van der Waals surface area contributed by atoms with Gasteiger partial charge in [-0.05, 0) is 28.7 Å². The van der Waals surface area contributed by atoms with Crippen molar-refractivity contribution in [3.8, 4) is 10.7 Å². The molecule has 6 heteroatoms. The third-order valence-electron chi connectivity index (χ3n) is 2.31. The number of aromatic nitrogens is 2. The molecule has 0 amide bonds. The van der Waals surface area contributed by atoms with Crippen LogP contribution in [0.2, 0.25) is 10.2 Å². The number of nitrogens with zero attached hydrogens (tertiary/aromatic N) is 2. The highest BCUT2D eigenvalue weighted by Crippen LogP contribution is 2.33. The van der Waals surface area contributed by atoms with Crippen LogP contribution >= 0.6 is 57.1 Å². The summed E-state index contributed by atoms with van der Waals surface area (Å²) in [6.07, 6.45) is 0. The van der Waals surface area contributed by atoms with Crippen LogP contribution in [-0.2, 0) is 5.41 Å². The van der Waals surface area contributed by atoms with Crippen molar-refractivity contribution in [2.24, 2.45) is 0 Å². The maximum Gasteiger partial charge on any atom is 0.171 e. The van der Waals surface area contributed by atoms with Crippen LogP contribution in [0.3, 0.4) is 0 Å². The second-order valence-electron chi connectivity index (χ2n) is 4.88. The van der Waals surface area contributed by atoms with Gasteiger partial charge in [-0.1, -0.05) is 44.0 Å². The fourth-order valence-corrected chi connectivity index (χ4v) is 3.68. The monoisotopic (exact) mass is 412 g/mol. The summed E-state index contributed by atoms with van der Waals surface area (Å²) in [6, 6.07) is 1.86.